The van der Waals surface area contributed by atoms with Gasteiger partial charge >= 0.3 is 12.1 Å². The second-order valence-corrected chi connectivity index (χ2v) is 4.80. The second-order valence-electron chi connectivity index (χ2n) is 3.88. The number of thiazole rings is 1. The van der Waals surface area contributed by atoms with Gasteiger partial charge in [-0.15, -0.1) is 11.3 Å². The summed E-state index contributed by atoms with van der Waals surface area (Å²) in [4.78, 5) is 27.0. The van der Waals surface area contributed by atoms with E-state index in [0.29, 0.717) is 4.88 Å². The molecule has 1 heterocycles. The molecular weight excluding hydrogens is 280 g/mol. The molecule has 6 nitrogen and oxygen atoms in total. The Hall–Kier alpha value is -2.41. The first-order valence-electron chi connectivity index (χ1n) is 5.75. The Morgan fingerprint density at radius 1 is 1.35 bits per heavy atom. The fraction of sp³-hybridized carbons (Fsp3) is 0.154. The van der Waals surface area contributed by atoms with Gasteiger partial charge in [0, 0.05) is 6.20 Å². The molecule has 0 bridgehead atoms. The molecule has 0 spiro atoms. The molecule has 0 aliphatic heterocycles. The highest BCUT2D eigenvalue weighted by atomic mass is 32.1. The zero-order valence-electron chi connectivity index (χ0n) is 10.4. The number of benzene rings is 1. The van der Waals surface area contributed by atoms with Crippen LogP contribution in [-0.4, -0.2) is 22.2 Å². The van der Waals surface area contributed by atoms with Gasteiger partial charge < -0.3 is 15.2 Å². The van der Waals surface area contributed by atoms with Gasteiger partial charge in [-0.2, -0.15) is 0 Å². The van der Waals surface area contributed by atoms with Gasteiger partial charge in [-0.1, -0.05) is 30.3 Å². The Labute approximate surface area is 119 Å². The summed E-state index contributed by atoms with van der Waals surface area (Å²) in [6.45, 7) is 0.0850. The lowest BCUT2D eigenvalue weighted by atomic mass is 10.2. The number of aliphatic carboxylic acids is 1. The molecule has 0 saturated carbocycles. The van der Waals surface area contributed by atoms with Gasteiger partial charge in [0.2, 0.25) is 0 Å². The third-order valence-electron chi connectivity index (χ3n) is 2.46. The van der Waals surface area contributed by atoms with Crippen molar-refractivity contribution in [1.29, 1.82) is 0 Å². The minimum atomic E-state index is -1.16. The van der Waals surface area contributed by atoms with Crippen LogP contribution in [0.25, 0.3) is 0 Å². The summed E-state index contributed by atoms with van der Waals surface area (Å²) in [5.74, 6) is -1.16. The molecule has 1 atom stereocenters. The van der Waals surface area contributed by atoms with Crippen molar-refractivity contribution in [2.45, 2.75) is 12.6 Å². The van der Waals surface area contributed by atoms with Crippen LogP contribution in [-0.2, 0) is 16.1 Å². The Kier molecular flexibility index (Phi) is 4.67. The van der Waals surface area contributed by atoms with E-state index in [1.807, 2.05) is 30.3 Å². The number of aromatic nitrogens is 1. The number of ether oxygens (including phenoxy) is 1. The summed E-state index contributed by atoms with van der Waals surface area (Å²) < 4.78 is 4.98. The van der Waals surface area contributed by atoms with Crippen LogP contribution in [0, 0.1) is 0 Å². The molecule has 1 aromatic heterocycles. The first kappa shape index (κ1) is 14.0. The summed E-state index contributed by atoms with van der Waals surface area (Å²) in [7, 11) is 0. The van der Waals surface area contributed by atoms with E-state index in [9.17, 15) is 9.59 Å². The lowest BCUT2D eigenvalue weighted by molar-refractivity contribution is -0.139. The molecule has 1 aromatic carbocycles. The second kappa shape index (κ2) is 6.67. The van der Waals surface area contributed by atoms with Gasteiger partial charge in [0.25, 0.3) is 0 Å². The number of hydrogen-bond acceptors (Lipinski definition) is 5. The summed E-state index contributed by atoms with van der Waals surface area (Å²) in [5, 5.41) is 11.4. The van der Waals surface area contributed by atoms with Gasteiger partial charge in [-0.05, 0) is 5.56 Å². The third kappa shape index (κ3) is 3.79. The summed E-state index contributed by atoms with van der Waals surface area (Å²) >= 11 is 1.15. The number of carboxylic acid groups (broad SMARTS) is 1. The van der Waals surface area contributed by atoms with E-state index in [1.54, 1.807) is 0 Å². The van der Waals surface area contributed by atoms with Crippen LogP contribution in [0.4, 0.5) is 4.79 Å². The molecule has 20 heavy (non-hydrogen) atoms. The number of amides is 1. The lowest BCUT2D eigenvalue weighted by Crippen LogP contribution is -2.33. The number of carbonyl (C=O) groups excluding carboxylic acids is 1. The van der Waals surface area contributed by atoms with Crippen molar-refractivity contribution < 1.29 is 19.4 Å². The van der Waals surface area contributed by atoms with E-state index in [1.165, 1.54) is 11.7 Å². The van der Waals surface area contributed by atoms with Crippen LogP contribution in [0.1, 0.15) is 16.5 Å². The van der Waals surface area contributed by atoms with Crippen molar-refractivity contribution in [3.8, 4) is 0 Å². The van der Waals surface area contributed by atoms with Crippen LogP contribution in [0.2, 0.25) is 0 Å². The highest BCUT2D eigenvalue weighted by Crippen LogP contribution is 2.17. The van der Waals surface area contributed by atoms with Gasteiger partial charge in [0.1, 0.15) is 6.61 Å². The monoisotopic (exact) mass is 292 g/mol. The number of carbonyl (C=O) groups is 2. The van der Waals surface area contributed by atoms with E-state index in [-0.39, 0.29) is 6.61 Å². The zero-order valence-corrected chi connectivity index (χ0v) is 11.2. The van der Waals surface area contributed by atoms with E-state index < -0.39 is 18.1 Å². The molecule has 2 aromatic rings. The highest BCUT2D eigenvalue weighted by molar-refractivity contribution is 7.09. The molecular formula is C13H12N2O4S. The highest BCUT2D eigenvalue weighted by Gasteiger charge is 2.24. The normalized spacial score (nSPS) is 11.6. The van der Waals surface area contributed by atoms with E-state index in [2.05, 4.69) is 10.3 Å². The van der Waals surface area contributed by atoms with E-state index in [4.69, 9.17) is 9.84 Å². The molecule has 1 unspecified atom stereocenters. The van der Waals surface area contributed by atoms with Crippen LogP contribution in [0.5, 0.6) is 0 Å². The quantitative estimate of drug-likeness (QED) is 0.882. The average molecular weight is 292 g/mol. The summed E-state index contributed by atoms with van der Waals surface area (Å²) in [6.07, 6.45) is 0.621. The Morgan fingerprint density at radius 3 is 2.70 bits per heavy atom. The minimum absolute atomic E-state index is 0.0850. The summed E-state index contributed by atoms with van der Waals surface area (Å²) in [6, 6.07) is 7.98. The predicted octanol–water partition coefficient (Wildman–Crippen LogP) is 2.20. The number of carboxylic acids is 1. The van der Waals surface area contributed by atoms with Crippen molar-refractivity contribution in [3.05, 3.63) is 52.5 Å². The SMILES string of the molecule is O=C(NC(C(=O)O)c1cncs1)OCc1ccccc1. The Balaban J connectivity index is 1.91. The fourth-order valence-electron chi connectivity index (χ4n) is 1.51. The number of rotatable bonds is 5. The van der Waals surface area contributed by atoms with E-state index in [0.717, 1.165) is 16.9 Å². The van der Waals surface area contributed by atoms with Gasteiger partial charge in [0.05, 0.1) is 10.4 Å². The number of nitrogens with zero attached hydrogens (tertiary/aromatic N) is 1. The van der Waals surface area contributed by atoms with Gasteiger partial charge in [0.15, 0.2) is 6.04 Å². The average Bonchev–Trinajstić information content (AvgIpc) is 2.97. The lowest BCUT2D eigenvalue weighted by Gasteiger charge is -2.12. The van der Waals surface area contributed by atoms with Crippen molar-refractivity contribution in [2.75, 3.05) is 0 Å². The fourth-order valence-corrected chi connectivity index (χ4v) is 2.17. The van der Waals surface area contributed by atoms with Crippen molar-refractivity contribution in [2.24, 2.45) is 0 Å². The first-order chi connectivity index (χ1) is 9.66. The van der Waals surface area contributed by atoms with Crippen molar-refractivity contribution in [1.82, 2.24) is 10.3 Å². The zero-order chi connectivity index (χ0) is 14.4. The topological polar surface area (TPSA) is 88.5 Å². The van der Waals surface area contributed by atoms with E-state index >= 15 is 0 Å². The molecule has 0 radical (unpaired) electrons. The maximum Gasteiger partial charge on any atom is 0.408 e. The molecule has 0 aliphatic carbocycles. The maximum atomic E-state index is 11.6. The molecule has 0 fully saturated rings. The first-order valence-corrected chi connectivity index (χ1v) is 6.63. The molecule has 2 N–H and O–H groups in total. The number of alkyl carbamates (subject to hydrolysis) is 1. The van der Waals surface area contributed by atoms with Gasteiger partial charge in [-0.25, -0.2) is 9.59 Å². The molecule has 0 aliphatic rings. The molecule has 2 rings (SSSR count). The number of hydrogen-bond donors (Lipinski definition) is 2. The summed E-state index contributed by atoms with van der Waals surface area (Å²) in [5.41, 5.74) is 2.33. The van der Waals surface area contributed by atoms with Crippen molar-refractivity contribution >= 4 is 23.4 Å². The van der Waals surface area contributed by atoms with Crippen LogP contribution in [0.15, 0.2) is 42.0 Å². The standard InChI is InChI=1S/C13H12N2O4S/c16-12(17)11(10-6-14-8-20-10)15-13(18)19-7-9-4-2-1-3-5-9/h1-6,8,11H,7H2,(H,15,18)(H,16,17). The predicted molar refractivity (Wildman–Crippen MR) is 72.3 cm³/mol. The van der Waals surface area contributed by atoms with Crippen molar-refractivity contribution in [3.63, 3.8) is 0 Å². The Morgan fingerprint density at radius 2 is 2.10 bits per heavy atom. The molecule has 1 amide bonds. The van der Waals surface area contributed by atoms with Crippen LogP contribution < -0.4 is 5.32 Å². The Bertz CT molecular complexity index is 571. The molecule has 104 valence electrons. The largest absolute Gasteiger partial charge is 0.479 e. The van der Waals surface area contributed by atoms with Crippen LogP contribution in [0.3, 0.4) is 0 Å². The number of nitrogens with one attached hydrogen (secondary N) is 1. The third-order valence-corrected chi connectivity index (χ3v) is 3.30. The smallest absolute Gasteiger partial charge is 0.408 e. The molecule has 0 saturated heterocycles. The molecule has 7 heteroatoms. The minimum Gasteiger partial charge on any atom is -0.479 e. The van der Waals surface area contributed by atoms with Gasteiger partial charge in [-0.3, -0.25) is 4.98 Å². The van der Waals surface area contributed by atoms with Crippen LogP contribution >= 0.6 is 11.3 Å². The maximum absolute atomic E-state index is 11.6.